The van der Waals surface area contributed by atoms with Crippen molar-refractivity contribution in [1.29, 1.82) is 0 Å². The number of aromatic nitrogens is 4. The smallest absolute Gasteiger partial charge is 0.259 e. The summed E-state index contributed by atoms with van der Waals surface area (Å²) in [6.45, 7) is 0. The molecule has 0 aliphatic rings. The molecule has 5 nitrogen and oxygen atoms in total. The number of hydrogen-bond donors (Lipinski definition) is 0. The quantitative estimate of drug-likeness (QED) is 0.618. The average Bonchev–Trinajstić information content (AvgIpc) is 2.89. The van der Waals surface area contributed by atoms with Crippen molar-refractivity contribution >= 4 is 13.3 Å². The maximum Gasteiger partial charge on any atom is 0.259 e. The molecule has 18 heavy (non-hydrogen) atoms. The van der Waals surface area contributed by atoms with Gasteiger partial charge in [-0.1, -0.05) is 22.8 Å². The van der Waals surface area contributed by atoms with Crippen LogP contribution < -0.4 is 5.46 Å². The molecule has 0 N–H and O–H groups in total. The molecular formula is C12H7BN4O. The summed E-state index contributed by atoms with van der Waals surface area (Å²) in [5.41, 5.74) is 1.89. The largest absolute Gasteiger partial charge is 0.333 e. The molecule has 0 spiro atoms. The Bertz CT molecular complexity index is 669. The fraction of sp³-hybridized carbons (Fsp3) is 0. The van der Waals surface area contributed by atoms with E-state index in [1.165, 1.54) is 0 Å². The molecule has 0 aliphatic heterocycles. The van der Waals surface area contributed by atoms with E-state index in [0.717, 1.165) is 0 Å². The van der Waals surface area contributed by atoms with Crippen LogP contribution >= 0.6 is 0 Å². The van der Waals surface area contributed by atoms with Crippen molar-refractivity contribution in [1.82, 2.24) is 20.1 Å². The van der Waals surface area contributed by atoms with Gasteiger partial charge in [0.2, 0.25) is 5.82 Å². The summed E-state index contributed by atoms with van der Waals surface area (Å²) < 4.78 is 5.16. The lowest BCUT2D eigenvalue weighted by molar-refractivity contribution is 0.432. The van der Waals surface area contributed by atoms with E-state index in [4.69, 9.17) is 12.4 Å². The van der Waals surface area contributed by atoms with E-state index in [0.29, 0.717) is 28.4 Å². The highest BCUT2D eigenvalue weighted by molar-refractivity contribution is 6.32. The van der Waals surface area contributed by atoms with Crippen LogP contribution in [0.2, 0.25) is 0 Å². The molecule has 0 amide bonds. The lowest BCUT2D eigenvalue weighted by Crippen LogP contribution is -2.02. The van der Waals surface area contributed by atoms with Gasteiger partial charge in [-0.3, -0.25) is 9.97 Å². The van der Waals surface area contributed by atoms with Crippen LogP contribution in [0.3, 0.4) is 0 Å². The van der Waals surface area contributed by atoms with E-state index in [9.17, 15) is 0 Å². The van der Waals surface area contributed by atoms with Gasteiger partial charge in [0.05, 0.1) is 5.56 Å². The first kappa shape index (κ1) is 10.6. The molecule has 0 unspecified atom stereocenters. The average molecular weight is 234 g/mol. The fourth-order valence-electron chi connectivity index (χ4n) is 1.51. The van der Waals surface area contributed by atoms with Crippen LogP contribution in [0.5, 0.6) is 0 Å². The summed E-state index contributed by atoms with van der Waals surface area (Å²) in [5, 5.41) is 3.88. The fourth-order valence-corrected chi connectivity index (χ4v) is 1.51. The standard InChI is InChI=1S/C12H7BN4O/c13-9-5-8(6-14-7-9)12-16-11(17-18-12)10-3-1-2-4-15-10/h1-7H. The molecule has 0 fully saturated rings. The van der Waals surface area contributed by atoms with Gasteiger partial charge in [-0.25, -0.2) is 0 Å². The first-order chi connectivity index (χ1) is 8.83. The molecule has 2 radical (unpaired) electrons. The van der Waals surface area contributed by atoms with Gasteiger partial charge in [0.15, 0.2) is 0 Å². The summed E-state index contributed by atoms with van der Waals surface area (Å²) >= 11 is 0. The van der Waals surface area contributed by atoms with Gasteiger partial charge in [0.1, 0.15) is 13.5 Å². The van der Waals surface area contributed by atoms with Gasteiger partial charge < -0.3 is 4.52 Å². The van der Waals surface area contributed by atoms with Crippen molar-refractivity contribution in [2.45, 2.75) is 0 Å². The Morgan fingerprint density at radius 3 is 2.89 bits per heavy atom. The van der Waals surface area contributed by atoms with Crippen LogP contribution in [0.4, 0.5) is 0 Å². The van der Waals surface area contributed by atoms with Crippen molar-refractivity contribution in [2.24, 2.45) is 0 Å². The van der Waals surface area contributed by atoms with Gasteiger partial charge >= 0.3 is 0 Å². The van der Waals surface area contributed by atoms with Gasteiger partial charge in [-0.15, -0.1) is 0 Å². The van der Waals surface area contributed by atoms with Crippen molar-refractivity contribution in [2.75, 3.05) is 0 Å². The highest BCUT2D eigenvalue weighted by atomic mass is 16.5. The minimum atomic E-state index is 0.371. The van der Waals surface area contributed by atoms with Crippen molar-refractivity contribution in [3.8, 4) is 23.0 Å². The van der Waals surface area contributed by atoms with E-state index >= 15 is 0 Å². The lowest BCUT2D eigenvalue weighted by Gasteiger charge is -1.94. The minimum absolute atomic E-state index is 0.371. The number of pyridine rings is 2. The van der Waals surface area contributed by atoms with Crippen LogP contribution in [-0.2, 0) is 0 Å². The van der Waals surface area contributed by atoms with E-state index in [-0.39, 0.29) is 0 Å². The zero-order valence-electron chi connectivity index (χ0n) is 9.32. The summed E-state index contributed by atoms with van der Waals surface area (Å²) in [6.07, 6.45) is 4.85. The normalized spacial score (nSPS) is 10.4. The summed E-state index contributed by atoms with van der Waals surface area (Å²) in [4.78, 5) is 12.4. The van der Waals surface area contributed by atoms with Gasteiger partial charge in [0.25, 0.3) is 5.89 Å². The second-order valence-corrected chi connectivity index (χ2v) is 3.65. The summed E-state index contributed by atoms with van der Waals surface area (Å²) in [5.74, 6) is 0.809. The molecule has 3 rings (SSSR count). The molecule has 0 bridgehead atoms. The summed E-state index contributed by atoms with van der Waals surface area (Å²) in [6, 6.07) is 7.22. The molecule has 3 heterocycles. The molecule has 3 aromatic heterocycles. The Morgan fingerprint density at radius 1 is 1.17 bits per heavy atom. The number of hydrogen-bond acceptors (Lipinski definition) is 5. The molecule has 84 valence electrons. The third kappa shape index (κ3) is 2.00. The Kier molecular flexibility index (Phi) is 2.61. The van der Waals surface area contributed by atoms with Crippen LogP contribution in [-0.4, -0.2) is 28.0 Å². The zero-order chi connectivity index (χ0) is 12.4. The lowest BCUT2D eigenvalue weighted by atomic mass is 9.97. The van der Waals surface area contributed by atoms with Crippen molar-refractivity contribution < 1.29 is 4.52 Å². The predicted molar refractivity (Wildman–Crippen MR) is 66.1 cm³/mol. The molecule has 0 saturated carbocycles. The number of nitrogens with zero attached hydrogens (tertiary/aromatic N) is 4. The van der Waals surface area contributed by atoms with Crippen LogP contribution in [0.25, 0.3) is 23.0 Å². The highest BCUT2D eigenvalue weighted by Gasteiger charge is 2.11. The van der Waals surface area contributed by atoms with E-state index in [1.807, 2.05) is 18.2 Å². The summed E-state index contributed by atoms with van der Waals surface area (Å²) in [7, 11) is 5.65. The SMILES string of the molecule is [B]c1cncc(-c2nc(-c3ccccn3)no2)c1. The number of rotatable bonds is 2. The minimum Gasteiger partial charge on any atom is -0.333 e. The van der Waals surface area contributed by atoms with Crippen molar-refractivity contribution in [3.05, 3.63) is 42.9 Å². The molecule has 0 aromatic carbocycles. The van der Waals surface area contributed by atoms with E-state index < -0.39 is 0 Å². The Balaban J connectivity index is 2.00. The third-order valence-corrected chi connectivity index (χ3v) is 2.33. The molecule has 0 saturated heterocycles. The Labute approximate surface area is 104 Å². The zero-order valence-corrected chi connectivity index (χ0v) is 9.32. The highest BCUT2D eigenvalue weighted by Crippen LogP contribution is 2.19. The molecule has 6 heteroatoms. The maximum atomic E-state index is 5.65. The van der Waals surface area contributed by atoms with Crippen LogP contribution in [0.1, 0.15) is 0 Å². The molecular weight excluding hydrogens is 227 g/mol. The van der Waals surface area contributed by atoms with Gasteiger partial charge in [-0.2, -0.15) is 4.98 Å². The molecule has 3 aromatic rings. The van der Waals surface area contributed by atoms with Crippen LogP contribution in [0.15, 0.2) is 47.4 Å². The van der Waals surface area contributed by atoms with Gasteiger partial charge in [-0.05, 0) is 12.1 Å². The van der Waals surface area contributed by atoms with Crippen molar-refractivity contribution in [3.63, 3.8) is 0 Å². The van der Waals surface area contributed by atoms with E-state index in [1.54, 1.807) is 24.7 Å². The second-order valence-electron chi connectivity index (χ2n) is 3.65. The first-order valence-corrected chi connectivity index (χ1v) is 5.29. The Hall–Kier alpha value is -2.50. The van der Waals surface area contributed by atoms with Gasteiger partial charge in [0, 0.05) is 18.6 Å². The topological polar surface area (TPSA) is 64.7 Å². The Morgan fingerprint density at radius 2 is 2.11 bits per heavy atom. The first-order valence-electron chi connectivity index (χ1n) is 5.29. The van der Waals surface area contributed by atoms with E-state index in [2.05, 4.69) is 20.1 Å². The third-order valence-electron chi connectivity index (χ3n) is 2.33. The predicted octanol–water partition coefficient (Wildman–Crippen LogP) is 0.987. The maximum absolute atomic E-state index is 5.65. The molecule has 0 aliphatic carbocycles. The molecule has 0 atom stereocenters. The monoisotopic (exact) mass is 234 g/mol. The van der Waals surface area contributed by atoms with Crippen LogP contribution in [0, 0.1) is 0 Å². The second kappa shape index (κ2) is 4.41.